The lowest BCUT2D eigenvalue weighted by Gasteiger charge is -2.16. The highest BCUT2D eigenvalue weighted by Gasteiger charge is 2.04. The minimum Gasteiger partial charge on any atom is -0.356 e. The summed E-state index contributed by atoms with van der Waals surface area (Å²) in [6.45, 7) is 6.11. The van der Waals surface area contributed by atoms with E-state index < -0.39 is 0 Å². The van der Waals surface area contributed by atoms with E-state index in [1.807, 2.05) is 18.2 Å². The van der Waals surface area contributed by atoms with Gasteiger partial charge in [-0.25, -0.2) is 0 Å². The van der Waals surface area contributed by atoms with E-state index in [4.69, 9.17) is 0 Å². The van der Waals surface area contributed by atoms with Crippen LogP contribution in [0.1, 0.15) is 32.4 Å². The largest absolute Gasteiger partial charge is 0.356 e. The van der Waals surface area contributed by atoms with Crippen molar-refractivity contribution >= 4 is 5.96 Å². The Bertz CT molecular complexity index is 344. The number of rotatable bonds is 6. The molecule has 18 heavy (non-hydrogen) atoms. The highest BCUT2D eigenvalue weighted by Crippen LogP contribution is 2.04. The second-order valence-corrected chi connectivity index (χ2v) is 4.31. The molecule has 1 rings (SSSR count). The first-order valence-corrected chi connectivity index (χ1v) is 6.64. The van der Waals surface area contributed by atoms with Crippen LogP contribution in [-0.4, -0.2) is 24.5 Å². The molecule has 0 fully saturated rings. The average Bonchev–Trinajstić information content (AvgIpc) is 2.44. The normalized spacial score (nSPS) is 11.7. The first kappa shape index (κ1) is 14.5. The summed E-state index contributed by atoms with van der Waals surface area (Å²) in [6.07, 6.45) is 4.19. The fourth-order valence-electron chi connectivity index (χ4n) is 1.72. The van der Waals surface area contributed by atoms with E-state index in [1.54, 1.807) is 13.2 Å². The summed E-state index contributed by atoms with van der Waals surface area (Å²) in [4.78, 5) is 8.48. The van der Waals surface area contributed by atoms with Gasteiger partial charge < -0.3 is 10.6 Å². The van der Waals surface area contributed by atoms with Crippen LogP contribution >= 0.6 is 0 Å². The Kier molecular flexibility index (Phi) is 6.84. The Morgan fingerprint density at radius 3 is 2.61 bits per heavy atom. The summed E-state index contributed by atoms with van der Waals surface area (Å²) in [5, 5.41) is 6.62. The van der Waals surface area contributed by atoms with E-state index in [2.05, 4.69) is 34.5 Å². The number of aliphatic imine (C=N–C) groups is 1. The maximum Gasteiger partial charge on any atom is 0.191 e. The third-order valence-electron chi connectivity index (χ3n) is 3.10. The van der Waals surface area contributed by atoms with Crippen LogP contribution in [0, 0.1) is 5.92 Å². The van der Waals surface area contributed by atoms with E-state index >= 15 is 0 Å². The maximum atomic E-state index is 4.27. The molecule has 4 heteroatoms. The molecule has 0 saturated carbocycles. The second-order valence-electron chi connectivity index (χ2n) is 4.31. The second kappa shape index (κ2) is 8.50. The van der Waals surface area contributed by atoms with Gasteiger partial charge >= 0.3 is 0 Å². The molecule has 0 saturated heterocycles. The molecule has 0 bridgehead atoms. The zero-order chi connectivity index (χ0) is 13.2. The Labute approximate surface area is 110 Å². The number of pyridine rings is 1. The van der Waals surface area contributed by atoms with Crippen molar-refractivity contribution in [3.63, 3.8) is 0 Å². The van der Waals surface area contributed by atoms with Crippen molar-refractivity contribution in [1.82, 2.24) is 15.6 Å². The van der Waals surface area contributed by atoms with Crippen molar-refractivity contribution in [1.29, 1.82) is 0 Å². The van der Waals surface area contributed by atoms with Gasteiger partial charge in [-0.1, -0.05) is 32.8 Å². The third kappa shape index (κ3) is 5.17. The van der Waals surface area contributed by atoms with Gasteiger partial charge in [-0.15, -0.1) is 0 Å². The standard InChI is InChI=1S/C14H24N4/c1-4-12(5-2)10-17-14(15-3)18-11-13-8-6-7-9-16-13/h6-9,12H,4-5,10-11H2,1-3H3,(H2,15,17,18). The molecular weight excluding hydrogens is 224 g/mol. The molecule has 4 nitrogen and oxygen atoms in total. The summed E-state index contributed by atoms with van der Waals surface area (Å²) in [7, 11) is 1.79. The molecule has 0 aliphatic rings. The van der Waals surface area contributed by atoms with Gasteiger partial charge in [-0.3, -0.25) is 9.98 Å². The number of nitrogens with one attached hydrogen (secondary N) is 2. The predicted octanol–water partition coefficient (Wildman–Crippen LogP) is 2.18. The lowest BCUT2D eigenvalue weighted by atomic mass is 10.0. The summed E-state index contributed by atoms with van der Waals surface area (Å²) < 4.78 is 0. The van der Waals surface area contributed by atoms with Crippen LogP contribution in [0.3, 0.4) is 0 Å². The van der Waals surface area contributed by atoms with Gasteiger partial charge in [-0.05, 0) is 18.1 Å². The first-order chi connectivity index (χ1) is 8.80. The van der Waals surface area contributed by atoms with Gasteiger partial charge in [0, 0.05) is 19.8 Å². The van der Waals surface area contributed by atoms with Crippen molar-refractivity contribution in [2.75, 3.05) is 13.6 Å². The zero-order valence-electron chi connectivity index (χ0n) is 11.6. The molecule has 0 unspecified atom stereocenters. The molecule has 0 aromatic carbocycles. The number of aromatic nitrogens is 1. The molecule has 2 N–H and O–H groups in total. The molecule has 1 heterocycles. The van der Waals surface area contributed by atoms with Crippen LogP contribution < -0.4 is 10.6 Å². The molecule has 1 aromatic heterocycles. The predicted molar refractivity (Wildman–Crippen MR) is 76.5 cm³/mol. The molecule has 100 valence electrons. The van der Waals surface area contributed by atoms with Gasteiger partial charge in [-0.2, -0.15) is 0 Å². The minimum atomic E-state index is 0.698. The van der Waals surface area contributed by atoms with Crippen LogP contribution in [0.5, 0.6) is 0 Å². The van der Waals surface area contributed by atoms with E-state index in [-0.39, 0.29) is 0 Å². The molecular formula is C14H24N4. The highest BCUT2D eigenvalue weighted by atomic mass is 15.2. The lowest BCUT2D eigenvalue weighted by Crippen LogP contribution is -2.39. The molecule has 0 aliphatic carbocycles. The number of guanidine groups is 1. The van der Waals surface area contributed by atoms with Crippen molar-refractivity contribution in [3.05, 3.63) is 30.1 Å². The van der Waals surface area contributed by atoms with Gasteiger partial charge in [0.05, 0.1) is 12.2 Å². The average molecular weight is 248 g/mol. The number of nitrogens with zero attached hydrogens (tertiary/aromatic N) is 2. The molecule has 0 radical (unpaired) electrons. The fourth-order valence-corrected chi connectivity index (χ4v) is 1.72. The summed E-state index contributed by atoms with van der Waals surface area (Å²) in [5.74, 6) is 1.55. The Balaban J connectivity index is 2.34. The van der Waals surface area contributed by atoms with Crippen molar-refractivity contribution < 1.29 is 0 Å². The van der Waals surface area contributed by atoms with E-state index in [0.717, 1.165) is 18.2 Å². The van der Waals surface area contributed by atoms with Crippen LogP contribution in [-0.2, 0) is 6.54 Å². The van der Waals surface area contributed by atoms with Crippen LogP contribution in [0.4, 0.5) is 0 Å². The topological polar surface area (TPSA) is 49.3 Å². The Hall–Kier alpha value is -1.58. The van der Waals surface area contributed by atoms with Crippen LogP contribution in [0.15, 0.2) is 29.4 Å². The monoisotopic (exact) mass is 248 g/mol. The quantitative estimate of drug-likeness (QED) is 0.599. The van der Waals surface area contributed by atoms with Crippen molar-refractivity contribution in [2.45, 2.75) is 33.2 Å². The lowest BCUT2D eigenvalue weighted by molar-refractivity contribution is 0.481. The minimum absolute atomic E-state index is 0.698. The van der Waals surface area contributed by atoms with E-state index in [0.29, 0.717) is 12.5 Å². The van der Waals surface area contributed by atoms with Gasteiger partial charge in [0.2, 0.25) is 0 Å². The van der Waals surface area contributed by atoms with Gasteiger partial charge in [0.25, 0.3) is 0 Å². The summed E-state index contributed by atoms with van der Waals surface area (Å²) in [6, 6.07) is 5.91. The fraction of sp³-hybridized carbons (Fsp3) is 0.571. The van der Waals surface area contributed by atoms with Crippen molar-refractivity contribution in [3.8, 4) is 0 Å². The van der Waals surface area contributed by atoms with Gasteiger partial charge in [0.1, 0.15) is 0 Å². The number of hydrogen-bond donors (Lipinski definition) is 2. The summed E-state index contributed by atoms with van der Waals surface area (Å²) in [5.41, 5.74) is 1.02. The first-order valence-electron chi connectivity index (χ1n) is 6.64. The molecule has 0 spiro atoms. The SMILES string of the molecule is CCC(CC)CNC(=NC)NCc1ccccn1. The van der Waals surface area contributed by atoms with Crippen LogP contribution in [0.2, 0.25) is 0 Å². The highest BCUT2D eigenvalue weighted by molar-refractivity contribution is 5.79. The molecule has 1 aromatic rings. The third-order valence-corrected chi connectivity index (χ3v) is 3.10. The van der Waals surface area contributed by atoms with Crippen LogP contribution in [0.25, 0.3) is 0 Å². The van der Waals surface area contributed by atoms with E-state index in [9.17, 15) is 0 Å². The van der Waals surface area contributed by atoms with E-state index in [1.165, 1.54) is 12.8 Å². The zero-order valence-corrected chi connectivity index (χ0v) is 11.6. The van der Waals surface area contributed by atoms with Crippen molar-refractivity contribution in [2.24, 2.45) is 10.9 Å². The van der Waals surface area contributed by atoms with Gasteiger partial charge in [0.15, 0.2) is 5.96 Å². The molecule has 0 aliphatic heterocycles. The maximum absolute atomic E-state index is 4.27. The molecule has 0 atom stereocenters. The number of hydrogen-bond acceptors (Lipinski definition) is 2. The smallest absolute Gasteiger partial charge is 0.191 e. The molecule has 0 amide bonds. The Morgan fingerprint density at radius 1 is 1.28 bits per heavy atom. The summed E-state index contributed by atoms with van der Waals surface area (Å²) >= 11 is 0. The Morgan fingerprint density at radius 2 is 2.06 bits per heavy atom.